The van der Waals surface area contributed by atoms with Crippen molar-refractivity contribution in [2.24, 2.45) is 0 Å². The first-order valence-corrected chi connectivity index (χ1v) is 5.14. The zero-order valence-corrected chi connectivity index (χ0v) is 9.15. The highest BCUT2D eigenvalue weighted by Gasteiger charge is 2.09. The van der Waals surface area contributed by atoms with E-state index in [1.165, 1.54) is 18.0 Å². The van der Waals surface area contributed by atoms with E-state index in [0.29, 0.717) is 27.4 Å². The molecule has 0 aliphatic heterocycles. The van der Waals surface area contributed by atoms with Gasteiger partial charge in [0.2, 0.25) is 5.89 Å². The van der Waals surface area contributed by atoms with Gasteiger partial charge in [0, 0.05) is 13.1 Å². The number of aryl methyl sites for hydroxylation is 1. The minimum atomic E-state index is 0.376. The Kier molecular flexibility index (Phi) is 2.74. The Balaban J connectivity index is 2.26. The molecule has 0 aliphatic rings. The van der Waals surface area contributed by atoms with Crippen LogP contribution in [0, 0.1) is 18.3 Å². The van der Waals surface area contributed by atoms with Gasteiger partial charge in [0.15, 0.2) is 0 Å². The number of hydrogen-bond acceptors (Lipinski definition) is 7. The summed E-state index contributed by atoms with van der Waals surface area (Å²) >= 11 is 1.17. The molecule has 2 aromatic rings. The zero-order valence-electron chi connectivity index (χ0n) is 8.34. The molecule has 0 saturated heterocycles. The number of anilines is 1. The fourth-order valence-electron chi connectivity index (χ4n) is 1.02. The molecule has 0 amide bonds. The second kappa shape index (κ2) is 4.20. The quantitative estimate of drug-likeness (QED) is 0.835. The van der Waals surface area contributed by atoms with Crippen LogP contribution in [0.4, 0.5) is 5.69 Å². The normalized spacial score (nSPS) is 10.0. The molecular formula is C9H7N5OS. The van der Waals surface area contributed by atoms with E-state index in [2.05, 4.69) is 15.2 Å². The number of aromatic nitrogens is 3. The third-order valence-electron chi connectivity index (χ3n) is 1.70. The van der Waals surface area contributed by atoms with Crippen molar-refractivity contribution in [2.75, 3.05) is 5.73 Å². The molecule has 2 N–H and O–H groups in total. The number of hydrogen-bond donors (Lipinski definition) is 1. The fourth-order valence-corrected chi connectivity index (χ4v) is 1.71. The second-order valence-electron chi connectivity index (χ2n) is 2.92. The lowest BCUT2D eigenvalue weighted by molar-refractivity contribution is 0.429. The van der Waals surface area contributed by atoms with Gasteiger partial charge in [-0.3, -0.25) is 0 Å². The lowest BCUT2D eigenvalue weighted by atomic mass is 10.3. The van der Waals surface area contributed by atoms with Gasteiger partial charge in [0.1, 0.15) is 11.1 Å². The lowest BCUT2D eigenvalue weighted by Gasteiger charge is -2.00. The molecule has 0 fully saturated rings. The van der Waals surface area contributed by atoms with E-state index >= 15 is 0 Å². The smallest absolute Gasteiger partial charge is 0.283 e. The highest BCUT2D eigenvalue weighted by Crippen LogP contribution is 2.29. The van der Waals surface area contributed by atoms with E-state index in [1.54, 1.807) is 13.0 Å². The van der Waals surface area contributed by atoms with Crippen molar-refractivity contribution in [3.8, 4) is 6.07 Å². The maximum atomic E-state index is 8.65. The Labute approximate surface area is 95.5 Å². The van der Waals surface area contributed by atoms with Crippen molar-refractivity contribution in [1.29, 1.82) is 5.26 Å². The molecule has 80 valence electrons. The van der Waals surface area contributed by atoms with Gasteiger partial charge in [0.25, 0.3) is 5.22 Å². The van der Waals surface area contributed by atoms with Crippen LogP contribution >= 0.6 is 11.8 Å². The standard InChI is InChI=1S/C9H7N5OS/c1-5-13-14-9(15-5)16-8-7(11)2-6(3-10)4-12-8/h2,4H,11H2,1H3. The Hall–Kier alpha value is -2.07. The first-order chi connectivity index (χ1) is 7.69. The molecule has 2 heterocycles. The van der Waals surface area contributed by atoms with Crippen molar-refractivity contribution in [2.45, 2.75) is 17.2 Å². The SMILES string of the molecule is Cc1nnc(Sc2ncc(C#N)cc2N)o1. The van der Waals surface area contributed by atoms with Crippen LogP contribution in [0.1, 0.15) is 11.5 Å². The van der Waals surface area contributed by atoms with Crippen molar-refractivity contribution < 1.29 is 4.42 Å². The van der Waals surface area contributed by atoms with Crippen LogP contribution in [0.15, 0.2) is 26.9 Å². The molecule has 0 spiro atoms. The van der Waals surface area contributed by atoms with Crippen molar-refractivity contribution in [3.05, 3.63) is 23.7 Å². The number of pyridine rings is 1. The molecule has 0 atom stereocenters. The summed E-state index contributed by atoms with van der Waals surface area (Å²) < 4.78 is 5.18. The van der Waals surface area contributed by atoms with E-state index in [-0.39, 0.29) is 0 Å². The summed E-state index contributed by atoms with van der Waals surface area (Å²) in [6, 6.07) is 3.51. The van der Waals surface area contributed by atoms with E-state index in [4.69, 9.17) is 15.4 Å². The first kappa shape index (κ1) is 10.4. The van der Waals surface area contributed by atoms with Crippen molar-refractivity contribution in [1.82, 2.24) is 15.2 Å². The second-order valence-corrected chi connectivity index (χ2v) is 3.86. The molecule has 0 aliphatic carbocycles. The molecule has 0 unspecified atom stereocenters. The van der Waals surface area contributed by atoms with E-state index in [0.717, 1.165) is 0 Å². The zero-order chi connectivity index (χ0) is 11.5. The van der Waals surface area contributed by atoms with E-state index < -0.39 is 0 Å². The van der Waals surface area contributed by atoms with Gasteiger partial charge in [-0.05, 0) is 17.8 Å². The van der Waals surface area contributed by atoms with Crippen LogP contribution < -0.4 is 5.73 Å². The summed E-state index contributed by atoms with van der Waals surface area (Å²) in [7, 11) is 0. The highest BCUT2D eigenvalue weighted by atomic mass is 32.2. The predicted octanol–water partition coefficient (Wildman–Crippen LogP) is 1.38. The molecule has 0 saturated carbocycles. The van der Waals surface area contributed by atoms with Crippen LogP contribution in [-0.4, -0.2) is 15.2 Å². The van der Waals surface area contributed by atoms with Gasteiger partial charge in [0.05, 0.1) is 11.3 Å². The molecular weight excluding hydrogens is 226 g/mol. The maximum Gasteiger partial charge on any atom is 0.283 e. The van der Waals surface area contributed by atoms with Gasteiger partial charge >= 0.3 is 0 Å². The number of nitrogen functional groups attached to an aromatic ring is 1. The molecule has 6 nitrogen and oxygen atoms in total. The molecule has 7 heteroatoms. The number of nitrogens with zero attached hydrogens (tertiary/aromatic N) is 4. The van der Waals surface area contributed by atoms with E-state index in [9.17, 15) is 0 Å². The van der Waals surface area contributed by atoms with Crippen LogP contribution in [0.25, 0.3) is 0 Å². The summed E-state index contributed by atoms with van der Waals surface area (Å²) in [6.45, 7) is 1.70. The topological polar surface area (TPSA) is 102 Å². The van der Waals surface area contributed by atoms with Crippen molar-refractivity contribution >= 4 is 17.4 Å². The van der Waals surface area contributed by atoms with Crippen molar-refractivity contribution in [3.63, 3.8) is 0 Å². The van der Waals surface area contributed by atoms with Gasteiger partial charge in [-0.15, -0.1) is 10.2 Å². The molecule has 0 radical (unpaired) electrons. The van der Waals surface area contributed by atoms with Gasteiger partial charge in [-0.1, -0.05) is 0 Å². The third kappa shape index (κ3) is 2.12. The highest BCUT2D eigenvalue weighted by molar-refractivity contribution is 7.99. The molecule has 0 aromatic carbocycles. The van der Waals surface area contributed by atoms with Gasteiger partial charge in [-0.25, -0.2) is 4.98 Å². The van der Waals surface area contributed by atoms with Crippen LogP contribution in [0.5, 0.6) is 0 Å². The number of rotatable bonds is 2. The third-order valence-corrected chi connectivity index (χ3v) is 2.57. The summed E-state index contributed by atoms with van der Waals surface area (Å²) in [6.07, 6.45) is 1.45. The van der Waals surface area contributed by atoms with E-state index in [1.807, 2.05) is 6.07 Å². The summed E-state index contributed by atoms with van der Waals surface area (Å²) in [4.78, 5) is 4.04. The maximum absolute atomic E-state index is 8.65. The minimum absolute atomic E-state index is 0.376. The Morgan fingerprint density at radius 1 is 1.50 bits per heavy atom. The van der Waals surface area contributed by atoms with Crippen LogP contribution in [0.3, 0.4) is 0 Å². The largest absolute Gasteiger partial charge is 0.416 e. The Morgan fingerprint density at radius 2 is 2.31 bits per heavy atom. The minimum Gasteiger partial charge on any atom is -0.416 e. The molecule has 2 rings (SSSR count). The number of nitriles is 1. The van der Waals surface area contributed by atoms with Crippen LogP contribution in [0.2, 0.25) is 0 Å². The summed E-state index contributed by atoms with van der Waals surface area (Å²) in [5.41, 5.74) is 6.56. The average Bonchev–Trinajstić information content (AvgIpc) is 2.67. The predicted molar refractivity (Wildman–Crippen MR) is 56.5 cm³/mol. The van der Waals surface area contributed by atoms with Gasteiger partial charge < -0.3 is 10.2 Å². The molecule has 16 heavy (non-hydrogen) atoms. The summed E-state index contributed by atoms with van der Waals surface area (Å²) in [5.74, 6) is 0.481. The Morgan fingerprint density at radius 3 is 2.88 bits per heavy atom. The van der Waals surface area contributed by atoms with Crippen LogP contribution in [-0.2, 0) is 0 Å². The Bertz CT molecular complexity index is 559. The lowest BCUT2D eigenvalue weighted by Crippen LogP contribution is -1.93. The monoisotopic (exact) mass is 233 g/mol. The first-order valence-electron chi connectivity index (χ1n) is 4.32. The molecule has 0 bridgehead atoms. The average molecular weight is 233 g/mol. The fraction of sp³-hybridized carbons (Fsp3) is 0.111. The number of nitrogens with two attached hydrogens (primary N) is 1. The molecule has 2 aromatic heterocycles. The van der Waals surface area contributed by atoms with Gasteiger partial charge in [-0.2, -0.15) is 5.26 Å². The summed E-state index contributed by atoms with van der Waals surface area (Å²) in [5, 5.41) is 17.1.